The van der Waals surface area contributed by atoms with E-state index in [9.17, 15) is 0 Å². The zero-order valence-electron chi connectivity index (χ0n) is 10.7. The van der Waals surface area contributed by atoms with Gasteiger partial charge in [-0.1, -0.05) is 37.3 Å². The van der Waals surface area contributed by atoms with Gasteiger partial charge < -0.3 is 0 Å². The molecule has 0 spiro atoms. The molecule has 1 aromatic heterocycles. The van der Waals surface area contributed by atoms with Crippen molar-refractivity contribution in [2.45, 2.75) is 31.6 Å². The molecule has 0 aliphatic rings. The third kappa shape index (κ3) is 2.96. The molecule has 2 heteroatoms. The third-order valence-corrected chi connectivity index (χ3v) is 5.03. The van der Waals surface area contributed by atoms with Crippen molar-refractivity contribution >= 4 is 22.9 Å². The van der Waals surface area contributed by atoms with Crippen LogP contribution < -0.4 is 0 Å². The van der Waals surface area contributed by atoms with E-state index in [2.05, 4.69) is 54.1 Å². The predicted octanol–water partition coefficient (Wildman–Crippen LogP) is 5.27. The van der Waals surface area contributed by atoms with Crippen LogP contribution in [0, 0.1) is 0 Å². The highest BCUT2D eigenvalue weighted by Gasteiger charge is 2.28. The summed E-state index contributed by atoms with van der Waals surface area (Å²) in [5.74, 6) is 0.692. The lowest BCUT2D eigenvalue weighted by Gasteiger charge is -2.31. The lowest BCUT2D eigenvalue weighted by molar-refractivity contribution is 0.425. The number of benzene rings is 1. The number of rotatable bonds is 6. The highest BCUT2D eigenvalue weighted by atomic mass is 35.5. The van der Waals surface area contributed by atoms with Gasteiger partial charge in [0.2, 0.25) is 0 Å². The van der Waals surface area contributed by atoms with Crippen LogP contribution >= 0.6 is 22.9 Å². The normalized spacial score (nSPS) is 14.3. The van der Waals surface area contributed by atoms with E-state index in [1.807, 2.05) is 0 Å². The maximum absolute atomic E-state index is 6.30. The fraction of sp³-hybridized carbons (Fsp3) is 0.375. The average Bonchev–Trinajstić information content (AvgIpc) is 2.95. The molecule has 96 valence electrons. The Morgan fingerprint density at radius 1 is 1.17 bits per heavy atom. The minimum atomic E-state index is 0.116. The zero-order valence-corrected chi connectivity index (χ0v) is 12.3. The molecule has 0 bridgehead atoms. The molecule has 0 amide bonds. The summed E-state index contributed by atoms with van der Waals surface area (Å²) in [4.78, 5) is 0. The first-order valence-corrected chi connectivity index (χ1v) is 7.91. The average molecular weight is 279 g/mol. The minimum Gasteiger partial charge on any atom is -0.152 e. The van der Waals surface area contributed by atoms with Crippen molar-refractivity contribution in [1.82, 2.24) is 0 Å². The van der Waals surface area contributed by atoms with Gasteiger partial charge in [0.15, 0.2) is 0 Å². The second-order valence-corrected chi connectivity index (χ2v) is 5.81. The van der Waals surface area contributed by atoms with Crippen molar-refractivity contribution in [2.24, 2.45) is 0 Å². The molecule has 2 rings (SSSR count). The van der Waals surface area contributed by atoms with Gasteiger partial charge in [0, 0.05) is 11.3 Å². The van der Waals surface area contributed by atoms with Gasteiger partial charge in [-0.15, -0.1) is 11.6 Å². The van der Waals surface area contributed by atoms with Gasteiger partial charge in [-0.2, -0.15) is 11.3 Å². The van der Waals surface area contributed by atoms with Crippen LogP contribution in [0.4, 0.5) is 0 Å². The van der Waals surface area contributed by atoms with Crippen LogP contribution in [-0.2, 0) is 11.8 Å². The molecule has 0 fully saturated rings. The first-order chi connectivity index (χ1) is 8.80. The van der Waals surface area contributed by atoms with E-state index in [1.165, 1.54) is 11.1 Å². The Hall–Kier alpha value is -0.790. The molecule has 2 aromatic rings. The van der Waals surface area contributed by atoms with Crippen molar-refractivity contribution in [1.29, 1.82) is 0 Å². The first-order valence-electron chi connectivity index (χ1n) is 6.43. The van der Waals surface area contributed by atoms with Crippen LogP contribution in [0.5, 0.6) is 0 Å². The quantitative estimate of drug-likeness (QED) is 0.632. The lowest BCUT2D eigenvalue weighted by atomic mass is 9.75. The monoisotopic (exact) mass is 278 g/mol. The molecule has 0 aliphatic heterocycles. The topological polar surface area (TPSA) is 0 Å². The molecule has 1 unspecified atom stereocenters. The molecule has 0 N–H and O–H groups in total. The van der Waals surface area contributed by atoms with Gasteiger partial charge in [-0.05, 0) is 47.2 Å². The number of aryl methyl sites for hydroxylation is 1. The van der Waals surface area contributed by atoms with Gasteiger partial charge in [-0.3, -0.25) is 0 Å². The summed E-state index contributed by atoms with van der Waals surface area (Å²) >= 11 is 8.07. The second-order valence-electron chi connectivity index (χ2n) is 4.77. The standard InChI is InChI=1S/C16H19ClS/c1-2-16(13-17,15-6-4-3-5-7-15)10-8-14-9-11-18-12-14/h3-7,9,11-12H,2,8,10,13H2,1H3. The Balaban J connectivity index is 2.16. The molecule has 1 atom stereocenters. The number of hydrogen-bond donors (Lipinski definition) is 0. The van der Waals surface area contributed by atoms with Crippen LogP contribution in [0.1, 0.15) is 30.9 Å². The Kier molecular flexibility index (Phi) is 4.85. The summed E-state index contributed by atoms with van der Waals surface area (Å²) in [7, 11) is 0. The number of halogens is 1. The van der Waals surface area contributed by atoms with Crippen LogP contribution in [0.25, 0.3) is 0 Å². The van der Waals surface area contributed by atoms with Gasteiger partial charge in [0.25, 0.3) is 0 Å². The van der Waals surface area contributed by atoms with Crippen LogP contribution in [0.15, 0.2) is 47.2 Å². The van der Waals surface area contributed by atoms with E-state index in [-0.39, 0.29) is 5.41 Å². The molecule has 0 radical (unpaired) electrons. The molecular weight excluding hydrogens is 260 g/mol. The van der Waals surface area contributed by atoms with Gasteiger partial charge >= 0.3 is 0 Å². The summed E-state index contributed by atoms with van der Waals surface area (Å²) < 4.78 is 0. The maximum Gasteiger partial charge on any atom is 0.0320 e. The van der Waals surface area contributed by atoms with Crippen molar-refractivity contribution in [3.8, 4) is 0 Å². The van der Waals surface area contributed by atoms with E-state index in [4.69, 9.17) is 11.6 Å². The molecule has 0 saturated heterocycles. The molecule has 1 aromatic carbocycles. The van der Waals surface area contributed by atoms with Crippen LogP contribution in [0.3, 0.4) is 0 Å². The number of hydrogen-bond acceptors (Lipinski definition) is 1. The van der Waals surface area contributed by atoms with Crippen molar-refractivity contribution in [3.05, 3.63) is 58.3 Å². The minimum absolute atomic E-state index is 0.116. The van der Waals surface area contributed by atoms with Gasteiger partial charge in [0.05, 0.1) is 0 Å². The van der Waals surface area contributed by atoms with E-state index in [0.29, 0.717) is 5.88 Å². The highest BCUT2D eigenvalue weighted by molar-refractivity contribution is 7.07. The predicted molar refractivity (Wildman–Crippen MR) is 81.8 cm³/mol. The smallest absolute Gasteiger partial charge is 0.0320 e. The molecule has 18 heavy (non-hydrogen) atoms. The Bertz CT molecular complexity index is 443. The number of thiophene rings is 1. The molecule has 0 saturated carbocycles. The molecule has 0 nitrogen and oxygen atoms in total. The van der Waals surface area contributed by atoms with Crippen molar-refractivity contribution in [2.75, 3.05) is 5.88 Å². The summed E-state index contributed by atoms with van der Waals surface area (Å²) in [5.41, 5.74) is 2.92. The Morgan fingerprint density at radius 3 is 2.50 bits per heavy atom. The molecule has 1 heterocycles. The summed E-state index contributed by atoms with van der Waals surface area (Å²) in [6.07, 6.45) is 3.32. The van der Waals surface area contributed by atoms with E-state index >= 15 is 0 Å². The van der Waals surface area contributed by atoms with E-state index in [0.717, 1.165) is 19.3 Å². The summed E-state index contributed by atoms with van der Waals surface area (Å²) in [5, 5.41) is 4.38. The summed E-state index contributed by atoms with van der Waals surface area (Å²) in [6, 6.07) is 12.9. The number of alkyl halides is 1. The lowest BCUT2D eigenvalue weighted by Crippen LogP contribution is -2.28. The van der Waals surface area contributed by atoms with Crippen molar-refractivity contribution < 1.29 is 0 Å². The molecular formula is C16H19ClS. The van der Waals surface area contributed by atoms with Gasteiger partial charge in [-0.25, -0.2) is 0 Å². The largest absolute Gasteiger partial charge is 0.152 e. The van der Waals surface area contributed by atoms with E-state index in [1.54, 1.807) is 11.3 Å². The molecule has 0 aliphatic carbocycles. The second kappa shape index (κ2) is 6.40. The van der Waals surface area contributed by atoms with Crippen molar-refractivity contribution in [3.63, 3.8) is 0 Å². The third-order valence-electron chi connectivity index (χ3n) is 3.79. The Morgan fingerprint density at radius 2 is 1.94 bits per heavy atom. The fourth-order valence-electron chi connectivity index (χ4n) is 2.37. The van der Waals surface area contributed by atoms with Crippen LogP contribution in [0.2, 0.25) is 0 Å². The maximum atomic E-state index is 6.30. The van der Waals surface area contributed by atoms with E-state index < -0.39 is 0 Å². The first kappa shape index (κ1) is 13.6. The highest BCUT2D eigenvalue weighted by Crippen LogP contribution is 2.34. The fourth-order valence-corrected chi connectivity index (χ4v) is 3.55. The van der Waals surface area contributed by atoms with Gasteiger partial charge in [0.1, 0.15) is 0 Å². The zero-order chi connectivity index (χ0) is 12.8. The summed E-state index contributed by atoms with van der Waals surface area (Å²) in [6.45, 7) is 2.24. The Labute approximate surface area is 119 Å². The van der Waals surface area contributed by atoms with Crippen LogP contribution in [-0.4, -0.2) is 5.88 Å². The SMILES string of the molecule is CCC(CCl)(CCc1ccsc1)c1ccccc1.